The van der Waals surface area contributed by atoms with Crippen LogP contribution in [0.2, 0.25) is 0 Å². The third-order valence-electron chi connectivity index (χ3n) is 6.30. The van der Waals surface area contributed by atoms with Crippen LogP contribution in [0.25, 0.3) is 11.5 Å². The largest absolute Gasteiger partial charge is 0.476 e. The van der Waals surface area contributed by atoms with E-state index in [4.69, 9.17) is 18.9 Å². The fourth-order valence-electron chi connectivity index (χ4n) is 4.35. The minimum absolute atomic E-state index is 0.0530. The van der Waals surface area contributed by atoms with Crippen molar-refractivity contribution in [2.45, 2.75) is 73.2 Å². The van der Waals surface area contributed by atoms with Crippen molar-refractivity contribution in [3.8, 4) is 17.2 Å². The summed E-state index contributed by atoms with van der Waals surface area (Å²) in [6.45, 7) is 13.6. The predicted octanol–water partition coefficient (Wildman–Crippen LogP) is 4.69. The molecule has 0 fully saturated rings. The van der Waals surface area contributed by atoms with Crippen LogP contribution < -0.4 is 10.1 Å². The van der Waals surface area contributed by atoms with Gasteiger partial charge in [0.1, 0.15) is 17.8 Å². The summed E-state index contributed by atoms with van der Waals surface area (Å²) in [5, 5.41) is 2.70. The zero-order valence-electron chi connectivity index (χ0n) is 24.4. The standard InChI is InChI=1S/C31H39N3O6/c1-8-38-30(37)31(6,7)40-28-20(2)14-24(15-21(28)3)16-34(18-27(36)32-22(4)19-35)17-26-23(5)39-29(33-26)25-12-10-9-11-13-25/h9-15,19,22H,8,16-18H2,1-7H3,(H,32,36). The van der Waals surface area contributed by atoms with Gasteiger partial charge >= 0.3 is 5.97 Å². The Kier molecular flexibility index (Phi) is 10.2. The summed E-state index contributed by atoms with van der Waals surface area (Å²) in [4.78, 5) is 42.9. The Morgan fingerprint density at radius 2 is 1.75 bits per heavy atom. The number of amides is 1. The van der Waals surface area contributed by atoms with Crippen LogP contribution in [0.5, 0.6) is 5.75 Å². The molecule has 0 aliphatic rings. The van der Waals surface area contributed by atoms with Gasteiger partial charge in [-0.2, -0.15) is 0 Å². The number of hydrogen-bond donors (Lipinski definition) is 1. The summed E-state index contributed by atoms with van der Waals surface area (Å²) < 4.78 is 17.2. The van der Waals surface area contributed by atoms with Crippen LogP contribution in [-0.4, -0.2) is 52.8 Å². The molecule has 1 atom stereocenters. The molecule has 3 aromatic rings. The van der Waals surface area contributed by atoms with Gasteiger partial charge in [0.05, 0.1) is 24.9 Å². The number of esters is 1. The van der Waals surface area contributed by atoms with E-state index >= 15 is 0 Å². The van der Waals surface area contributed by atoms with E-state index in [1.165, 1.54) is 0 Å². The number of carbonyl (C=O) groups excluding carboxylic acids is 3. The van der Waals surface area contributed by atoms with Crippen molar-refractivity contribution in [3.05, 3.63) is 70.6 Å². The molecule has 40 heavy (non-hydrogen) atoms. The first-order chi connectivity index (χ1) is 18.9. The lowest BCUT2D eigenvalue weighted by Gasteiger charge is -2.27. The second kappa shape index (κ2) is 13.4. The molecular formula is C31H39N3O6. The molecule has 1 amide bonds. The lowest BCUT2D eigenvalue weighted by molar-refractivity contribution is -0.158. The van der Waals surface area contributed by atoms with Crippen LogP contribution in [0.15, 0.2) is 46.9 Å². The van der Waals surface area contributed by atoms with Gasteiger partial charge in [-0.05, 0) is 77.3 Å². The second-order valence-electron chi connectivity index (χ2n) is 10.4. The van der Waals surface area contributed by atoms with Crippen LogP contribution >= 0.6 is 0 Å². The van der Waals surface area contributed by atoms with Gasteiger partial charge in [-0.25, -0.2) is 9.78 Å². The zero-order valence-corrected chi connectivity index (χ0v) is 24.4. The average Bonchev–Trinajstić information content (AvgIpc) is 3.26. The molecule has 1 unspecified atom stereocenters. The molecule has 0 bridgehead atoms. The van der Waals surface area contributed by atoms with Crippen LogP contribution in [0.3, 0.4) is 0 Å². The molecule has 2 aromatic carbocycles. The molecule has 0 saturated carbocycles. The molecule has 1 N–H and O–H groups in total. The SMILES string of the molecule is CCOC(=O)C(C)(C)Oc1c(C)cc(CN(CC(=O)NC(C)C=O)Cc2nc(-c3ccccc3)oc2C)cc1C. The van der Waals surface area contributed by atoms with Crippen molar-refractivity contribution in [2.75, 3.05) is 13.2 Å². The van der Waals surface area contributed by atoms with Crippen LogP contribution in [0.4, 0.5) is 0 Å². The number of benzene rings is 2. The maximum absolute atomic E-state index is 12.8. The van der Waals surface area contributed by atoms with Gasteiger partial charge in [-0.1, -0.05) is 30.3 Å². The monoisotopic (exact) mass is 549 g/mol. The highest BCUT2D eigenvalue weighted by atomic mass is 16.6. The maximum atomic E-state index is 12.8. The number of ether oxygens (including phenoxy) is 2. The zero-order chi connectivity index (χ0) is 29.4. The number of aldehydes is 1. The third kappa shape index (κ3) is 8.02. The molecule has 9 nitrogen and oxygen atoms in total. The first-order valence-electron chi connectivity index (χ1n) is 13.4. The van der Waals surface area contributed by atoms with Gasteiger partial charge < -0.3 is 24.0 Å². The molecule has 0 aliphatic carbocycles. The third-order valence-corrected chi connectivity index (χ3v) is 6.30. The van der Waals surface area contributed by atoms with Crippen molar-refractivity contribution >= 4 is 18.2 Å². The second-order valence-corrected chi connectivity index (χ2v) is 10.4. The maximum Gasteiger partial charge on any atom is 0.349 e. The van der Waals surface area contributed by atoms with Gasteiger partial charge in [-0.15, -0.1) is 0 Å². The quantitative estimate of drug-likeness (QED) is 0.241. The highest BCUT2D eigenvalue weighted by Gasteiger charge is 2.32. The minimum atomic E-state index is -1.15. The Morgan fingerprint density at radius 1 is 1.10 bits per heavy atom. The lowest BCUT2D eigenvalue weighted by atomic mass is 10.0. The molecule has 0 radical (unpaired) electrons. The van der Waals surface area contributed by atoms with Crippen molar-refractivity contribution in [1.82, 2.24) is 15.2 Å². The fraction of sp³-hybridized carbons (Fsp3) is 0.419. The van der Waals surface area contributed by atoms with E-state index in [1.807, 2.05) is 68.1 Å². The van der Waals surface area contributed by atoms with E-state index in [0.29, 0.717) is 36.8 Å². The summed E-state index contributed by atoms with van der Waals surface area (Å²) in [6, 6.07) is 13.0. The molecule has 1 heterocycles. The van der Waals surface area contributed by atoms with Crippen molar-refractivity contribution in [1.29, 1.82) is 0 Å². The van der Waals surface area contributed by atoms with Crippen molar-refractivity contribution in [2.24, 2.45) is 0 Å². The van der Waals surface area contributed by atoms with Gasteiger partial charge in [0.15, 0.2) is 5.60 Å². The number of aromatic nitrogens is 1. The summed E-state index contributed by atoms with van der Waals surface area (Å²) >= 11 is 0. The molecule has 0 saturated heterocycles. The number of carbonyl (C=O) groups is 3. The Bertz CT molecular complexity index is 1310. The predicted molar refractivity (Wildman–Crippen MR) is 152 cm³/mol. The lowest BCUT2D eigenvalue weighted by Crippen LogP contribution is -2.41. The van der Waals surface area contributed by atoms with E-state index in [-0.39, 0.29) is 19.1 Å². The van der Waals surface area contributed by atoms with Gasteiger partial charge in [0.25, 0.3) is 0 Å². The first kappa shape index (κ1) is 30.6. The van der Waals surface area contributed by atoms with Crippen LogP contribution in [0.1, 0.15) is 55.8 Å². The Balaban J connectivity index is 1.86. The topological polar surface area (TPSA) is 111 Å². The van der Waals surface area contributed by atoms with E-state index < -0.39 is 17.6 Å². The number of hydrogen-bond acceptors (Lipinski definition) is 8. The smallest absolute Gasteiger partial charge is 0.349 e. The van der Waals surface area contributed by atoms with Crippen molar-refractivity contribution in [3.63, 3.8) is 0 Å². The molecule has 9 heteroatoms. The van der Waals surface area contributed by atoms with E-state index in [0.717, 1.165) is 27.9 Å². The van der Waals surface area contributed by atoms with E-state index in [1.54, 1.807) is 27.7 Å². The van der Waals surface area contributed by atoms with E-state index in [2.05, 4.69) is 5.32 Å². The number of nitrogens with one attached hydrogen (secondary N) is 1. The highest BCUT2D eigenvalue weighted by molar-refractivity contribution is 5.81. The minimum Gasteiger partial charge on any atom is -0.476 e. The molecule has 214 valence electrons. The molecule has 0 spiro atoms. The fourth-order valence-corrected chi connectivity index (χ4v) is 4.35. The molecule has 0 aliphatic heterocycles. The summed E-state index contributed by atoms with van der Waals surface area (Å²) in [6.07, 6.45) is 0.694. The van der Waals surface area contributed by atoms with Gasteiger partial charge in [-0.3, -0.25) is 9.69 Å². The number of oxazole rings is 1. The molecular weight excluding hydrogens is 510 g/mol. The Morgan fingerprint density at radius 3 is 2.35 bits per heavy atom. The van der Waals surface area contributed by atoms with Crippen LogP contribution in [0, 0.1) is 20.8 Å². The van der Waals surface area contributed by atoms with Gasteiger partial charge in [0.2, 0.25) is 11.8 Å². The molecule has 3 rings (SSSR count). The van der Waals surface area contributed by atoms with Gasteiger partial charge in [0, 0.05) is 18.7 Å². The normalized spacial score (nSPS) is 12.2. The Labute approximate surface area is 235 Å². The number of rotatable bonds is 13. The number of nitrogens with zero attached hydrogens (tertiary/aromatic N) is 2. The summed E-state index contributed by atoms with van der Waals surface area (Å²) in [5.41, 5.74) is 3.11. The first-order valence-corrected chi connectivity index (χ1v) is 13.4. The molecule has 1 aromatic heterocycles. The highest BCUT2D eigenvalue weighted by Crippen LogP contribution is 2.30. The van der Waals surface area contributed by atoms with Crippen LogP contribution in [-0.2, 0) is 32.2 Å². The van der Waals surface area contributed by atoms with E-state index in [9.17, 15) is 14.4 Å². The summed E-state index contributed by atoms with van der Waals surface area (Å²) in [7, 11) is 0. The summed E-state index contributed by atoms with van der Waals surface area (Å²) in [5.74, 6) is 1.10. The number of aryl methyl sites for hydroxylation is 3. The van der Waals surface area contributed by atoms with Crippen molar-refractivity contribution < 1.29 is 28.3 Å². The average molecular weight is 550 g/mol. The Hall–Kier alpha value is -3.98.